The molecule has 2 rings (SSSR count). The summed E-state index contributed by atoms with van der Waals surface area (Å²) in [6.45, 7) is 0. The van der Waals surface area contributed by atoms with Crippen LogP contribution < -0.4 is 15.6 Å². The van der Waals surface area contributed by atoms with Crippen molar-refractivity contribution in [1.29, 1.82) is 0 Å². The molecule has 1 aromatic heterocycles. The Morgan fingerprint density at radius 2 is 2.11 bits per heavy atom. The first-order valence-electron chi connectivity index (χ1n) is 5.44. The second-order valence-electron chi connectivity index (χ2n) is 3.73. The van der Waals surface area contributed by atoms with E-state index in [1.165, 1.54) is 18.2 Å². The molecule has 19 heavy (non-hydrogen) atoms. The van der Waals surface area contributed by atoms with Crippen LogP contribution in [0, 0.1) is 0 Å². The van der Waals surface area contributed by atoms with Crippen molar-refractivity contribution in [1.82, 2.24) is 4.98 Å². The summed E-state index contributed by atoms with van der Waals surface area (Å²) in [6.07, 6.45) is 0. The van der Waals surface area contributed by atoms with Crippen LogP contribution in [-0.4, -0.2) is 18.0 Å². The number of hydrogen-bond acceptors (Lipinski definition) is 3. The summed E-state index contributed by atoms with van der Waals surface area (Å²) >= 11 is 3.33. The first-order chi connectivity index (χ1) is 9.10. The van der Waals surface area contributed by atoms with Crippen molar-refractivity contribution >= 4 is 27.5 Å². The van der Waals surface area contributed by atoms with Crippen molar-refractivity contribution in [2.75, 3.05) is 12.4 Å². The molecule has 6 heteroatoms. The quantitative estimate of drug-likeness (QED) is 0.911. The summed E-state index contributed by atoms with van der Waals surface area (Å²) < 4.78 is 5.81. The van der Waals surface area contributed by atoms with E-state index in [4.69, 9.17) is 4.74 Å². The van der Waals surface area contributed by atoms with Crippen molar-refractivity contribution < 1.29 is 9.53 Å². The number of anilines is 1. The van der Waals surface area contributed by atoms with Crippen LogP contribution in [0.15, 0.2) is 45.7 Å². The van der Waals surface area contributed by atoms with Crippen LogP contribution in [0.5, 0.6) is 5.75 Å². The normalized spacial score (nSPS) is 10.0. The topological polar surface area (TPSA) is 71.2 Å². The zero-order valence-corrected chi connectivity index (χ0v) is 11.7. The lowest BCUT2D eigenvalue weighted by molar-refractivity contribution is 0.102. The number of ether oxygens (including phenoxy) is 1. The average Bonchev–Trinajstić information content (AvgIpc) is 2.41. The van der Waals surface area contributed by atoms with Gasteiger partial charge in [-0.2, -0.15) is 0 Å². The molecule has 0 saturated carbocycles. The zero-order valence-electron chi connectivity index (χ0n) is 10.1. The number of benzene rings is 1. The van der Waals surface area contributed by atoms with Gasteiger partial charge in [-0.05, 0) is 34.1 Å². The maximum atomic E-state index is 12.0. The predicted molar refractivity (Wildman–Crippen MR) is 75.7 cm³/mol. The van der Waals surface area contributed by atoms with Crippen LogP contribution in [0.3, 0.4) is 0 Å². The van der Waals surface area contributed by atoms with Crippen LogP contribution in [0.25, 0.3) is 0 Å². The highest BCUT2D eigenvalue weighted by atomic mass is 79.9. The molecule has 0 aliphatic rings. The Labute approximate surface area is 117 Å². The van der Waals surface area contributed by atoms with E-state index in [1.54, 1.807) is 25.3 Å². The molecule has 1 aromatic carbocycles. The number of amides is 1. The Hall–Kier alpha value is -2.08. The van der Waals surface area contributed by atoms with Gasteiger partial charge in [0, 0.05) is 16.6 Å². The molecule has 0 fully saturated rings. The minimum atomic E-state index is -0.397. The van der Waals surface area contributed by atoms with E-state index < -0.39 is 5.91 Å². The molecule has 0 radical (unpaired) electrons. The second-order valence-corrected chi connectivity index (χ2v) is 4.58. The lowest BCUT2D eigenvalue weighted by Gasteiger charge is -2.09. The molecule has 0 atom stereocenters. The molecular weight excluding hydrogens is 312 g/mol. The average molecular weight is 323 g/mol. The summed E-state index contributed by atoms with van der Waals surface area (Å²) in [4.78, 5) is 25.6. The van der Waals surface area contributed by atoms with Crippen LogP contribution in [-0.2, 0) is 0 Å². The number of aromatic amines is 1. The van der Waals surface area contributed by atoms with Gasteiger partial charge >= 0.3 is 0 Å². The van der Waals surface area contributed by atoms with Crippen molar-refractivity contribution in [2.24, 2.45) is 0 Å². The van der Waals surface area contributed by atoms with Crippen LogP contribution in [0.4, 0.5) is 5.69 Å². The van der Waals surface area contributed by atoms with Gasteiger partial charge in [-0.1, -0.05) is 6.07 Å². The highest BCUT2D eigenvalue weighted by molar-refractivity contribution is 9.10. The summed E-state index contributed by atoms with van der Waals surface area (Å²) in [7, 11) is 1.55. The van der Waals surface area contributed by atoms with Gasteiger partial charge in [-0.15, -0.1) is 0 Å². The van der Waals surface area contributed by atoms with Crippen molar-refractivity contribution in [3.63, 3.8) is 0 Å². The Kier molecular flexibility index (Phi) is 4.01. The smallest absolute Gasteiger partial charge is 0.272 e. The van der Waals surface area contributed by atoms with Gasteiger partial charge in [0.15, 0.2) is 0 Å². The number of halogens is 1. The summed E-state index contributed by atoms with van der Waals surface area (Å²) in [6, 6.07) is 9.62. The van der Waals surface area contributed by atoms with E-state index >= 15 is 0 Å². The number of hydrogen-bond donors (Lipinski definition) is 2. The fourth-order valence-electron chi connectivity index (χ4n) is 1.50. The Morgan fingerprint density at radius 1 is 1.32 bits per heavy atom. The van der Waals surface area contributed by atoms with Crippen LogP contribution >= 0.6 is 15.9 Å². The third-order valence-electron chi connectivity index (χ3n) is 2.43. The Morgan fingerprint density at radius 3 is 2.79 bits per heavy atom. The number of rotatable bonds is 3. The molecule has 0 spiro atoms. The molecule has 2 aromatic rings. The van der Waals surface area contributed by atoms with Gasteiger partial charge in [0.25, 0.3) is 5.91 Å². The van der Waals surface area contributed by atoms with Gasteiger partial charge in [0.1, 0.15) is 11.4 Å². The second kappa shape index (κ2) is 5.71. The van der Waals surface area contributed by atoms with Crippen molar-refractivity contribution in [3.05, 3.63) is 56.9 Å². The van der Waals surface area contributed by atoms with E-state index in [9.17, 15) is 9.59 Å². The Balaban J connectivity index is 2.26. The van der Waals surface area contributed by atoms with Gasteiger partial charge in [-0.25, -0.2) is 0 Å². The fourth-order valence-corrected chi connectivity index (χ4v) is 1.84. The monoisotopic (exact) mass is 322 g/mol. The first-order valence-corrected chi connectivity index (χ1v) is 6.23. The number of methoxy groups -OCH3 is 1. The maximum Gasteiger partial charge on any atom is 0.272 e. The molecule has 98 valence electrons. The van der Waals surface area contributed by atoms with E-state index in [1.807, 2.05) is 0 Å². The predicted octanol–water partition coefficient (Wildman–Crippen LogP) is 2.40. The lowest BCUT2D eigenvalue weighted by Crippen LogP contribution is -2.18. The lowest BCUT2D eigenvalue weighted by atomic mass is 10.2. The molecular formula is C13H11BrN2O3. The SMILES string of the molecule is COc1ccc(Br)c(NC(=O)c2cccc(=O)[nH]2)c1. The summed E-state index contributed by atoms with van der Waals surface area (Å²) in [5.74, 6) is 0.228. The highest BCUT2D eigenvalue weighted by Gasteiger charge is 2.09. The number of pyridine rings is 1. The van der Waals surface area contributed by atoms with E-state index in [0.717, 1.165) is 4.47 Å². The van der Waals surface area contributed by atoms with Gasteiger partial charge < -0.3 is 15.0 Å². The van der Waals surface area contributed by atoms with E-state index in [-0.39, 0.29) is 11.3 Å². The largest absolute Gasteiger partial charge is 0.497 e. The number of aromatic nitrogens is 1. The minimum absolute atomic E-state index is 0.196. The molecule has 0 saturated heterocycles. The van der Waals surface area contributed by atoms with Crippen molar-refractivity contribution in [3.8, 4) is 5.75 Å². The third kappa shape index (κ3) is 3.23. The number of carbonyl (C=O) groups excluding carboxylic acids is 1. The highest BCUT2D eigenvalue weighted by Crippen LogP contribution is 2.27. The van der Waals surface area contributed by atoms with Crippen LogP contribution in [0.2, 0.25) is 0 Å². The van der Waals surface area contributed by atoms with Crippen molar-refractivity contribution in [2.45, 2.75) is 0 Å². The number of nitrogens with one attached hydrogen (secondary N) is 2. The fraction of sp³-hybridized carbons (Fsp3) is 0.0769. The molecule has 1 heterocycles. The molecule has 0 bridgehead atoms. The number of carbonyl (C=O) groups is 1. The molecule has 0 aliphatic heterocycles. The molecule has 0 aliphatic carbocycles. The molecule has 0 unspecified atom stereocenters. The summed E-state index contributed by atoms with van der Waals surface area (Å²) in [5.41, 5.74) is 0.439. The van der Waals surface area contributed by atoms with Gasteiger partial charge in [0.2, 0.25) is 5.56 Å². The summed E-state index contributed by atoms with van der Waals surface area (Å²) in [5, 5.41) is 2.69. The van der Waals surface area contributed by atoms with E-state index in [0.29, 0.717) is 11.4 Å². The third-order valence-corrected chi connectivity index (χ3v) is 3.13. The molecule has 2 N–H and O–H groups in total. The maximum absolute atomic E-state index is 12.0. The molecule has 1 amide bonds. The van der Waals surface area contributed by atoms with Gasteiger partial charge in [-0.3, -0.25) is 9.59 Å². The first kappa shape index (κ1) is 13.4. The van der Waals surface area contributed by atoms with E-state index in [2.05, 4.69) is 26.2 Å². The Bertz CT molecular complexity index is 667. The van der Waals surface area contributed by atoms with Gasteiger partial charge in [0.05, 0.1) is 12.8 Å². The standard InChI is InChI=1S/C13H11BrN2O3/c1-19-8-5-6-9(14)11(7-8)16-13(18)10-3-2-4-12(17)15-10/h2-7H,1H3,(H,15,17)(H,16,18). The van der Waals surface area contributed by atoms with Crippen LogP contribution in [0.1, 0.15) is 10.5 Å². The zero-order chi connectivity index (χ0) is 13.8. The number of H-pyrrole nitrogens is 1. The minimum Gasteiger partial charge on any atom is -0.497 e. The molecule has 5 nitrogen and oxygen atoms in total.